The lowest BCUT2D eigenvalue weighted by molar-refractivity contribution is -0.211. The van der Waals surface area contributed by atoms with Crippen LogP contribution in [0.1, 0.15) is 22.3 Å². The first-order valence-electron chi connectivity index (χ1n) is 22.3. The minimum atomic E-state index is -1.28. The number of benzene rings is 4. The lowest BCUT2D eigenvalue weighted by Crippen LogP contribution is -2.65. The van der Waals surface area contributed by atoms with Gasteiger partial charge in [0.05, 0.1) is 63.9 Å². The van der Waals surface area contributed by atoms with Crippen LogP contribution in [0.4, 0.5) is 9.59 Å². The molecule has 0 unspecified atom stereocenters. The Hall–Kier alpha value is -4.98. The lowest BCUT2D eigenvalue weighted by Gasteiger charge is -2.48. The average molecular weight is 917 g/mol. The normalized spacial score (nSPS) is 23.3. The van der Waals surface area contributed by atoms with E-state index >= 15 is 0 Å². The third-order valence-electron chi connectivity index (χ3n) is 11.4. The molecule has 360 valence electrons. The quantitative estimate of drug-likeness (QED) is 0.101. The largest absolute Gasteiger partial charge is 0.448 e. The number of nitrogens with zero attached hydrogens (tertiary/aromatic N) is 4. The highest BCUT2D eigenvalue weighted by Gasteiger charge is 2.46. The molecule has 0 spiro atoms. The van der Waals surface area contributed by atoms with E-state index in [2.05, 4.69) is 53.4 Å². The van der Waals surface area contributed by atoms with E-state index in [1.54, 1.807) is 33.1 Å². The van der Waals surface area contributed by atoms with E-state index in [4.69, 9.17) is 28.4 Å². The van der Waals surface area contributed by atoms with Gasteiger partial charge in [-0.2, -0.15) is 0 Å². The van der Waals surface area contributed by atoms with Gasteiger partial charge in [0.25, 0.3) is 0 Å². The topological polar surface area (TPSA) is 183 Å². The van der Waals surface area contributed by atoms with Crippen LogP contribution in [0.15, 0.2) is 121 Å². The van der Waals surface area contributed by atoms with Crippen molar-refractivity contribution in [1.82, 2.24) is 19.6 Å². The van der Waals surface area contributed by atoms with Crippen molar-refractivity contribution in [2.75, 3.05) is 80.8 Å². The molecule has 0 saturated carbocycles. The van der Waals surface area contributed by atoms with E-state index in [1.807, 2.05) is 72.8 Å². The van der Waals surface area contributed by atoms with Gasteiger partial charge in [0.15, 0.2) is 0 Å². The van der Waals surface area contributed by atoms with Crippen LogP contribution in [0.25, 0.3) is 0 Å². The monoisotopic (exact) mass is 916 g/mol. The highest BCUT2D eigenvalue weighted by Crippen LogP contribution is 2.29. The van der Waals surface area contributed by atoms with Crippen molar-refractivity contribution < 1.29 is 58.4 Å². The molecule has 66 heavy (non-hydrogen) atoms. The molecule has 2 aliphatic rings. The number of hydrogen-bond acceptors (Lipinski definition) is 14. The van der Waals surface area contributed by atoms with Gasteiger partial charge < -0.3 is 58.6 Å². The number of aliphatic hydroxyl groups is 4. The molecule has 2 amide bonds. The molecule has 4 N–H and O–H groups in total. The lowest BCUT2D eigenvalue weighted by atomic mass is 9.93. The smallest absolute Gasteiger partial charge is 0.409 e. The van der Waals surface area contributed by atoms with Gasteiger partial charge in [-0.3, -0.25) is 9.80 Å². The first-order valence-corrected chi connectivity index (χ1v) is 22.3. The Labute approximate surface area is 388 Å². The predicted octanol–water partition coefficient (Wildman–Crippen LogP) is 3.79. The maximum atomic E-state index is 12.3. The van der Waals surface area contributed by atoms with E-state index in [-0.39, 0.29) is 51.1 Å². The van der Waals surface area contributed by atoms with Gasteiger partial charge in [0.2, 0.25) is 0 Å². The summed E-state index contributed by atoms with van der Waals surface area (Å²) in [7, 11) is 6.48. The molecule has 2 fully saturated rings. The molecule has 0 bridgehead atoms. The summed E-state index contributed by atoms with van der Waals surface area (Å²) < 4.78 is 37.1. The molecule has 2 aliphatic heterocycles. The highest BCUT2D eigenvalue weighted by atomic mass is 16.6. The van der Waals surface area contributed by atoms with Gasteiger partial charge in [0.1, 0.15) is 37.6 Å². The number of amides is 2. The number of hydrogen-bond donors (Lipinski definition) is 4. The van der Waals surface area contributed by atoms with Crippen LogP contribution in [0.2, 0.25) is 0 Å². The average Bonchev–Trinajstić information content (AvgIpc) is 3.33. The number of piperidine rings is 2. The number of rotatable bonds is 20. The Morgan fingerprint density at radius 1 is 0.545 bits per heavy atom. The van der Waals surface area contributed by atoms with E-state index in [0.717, 1.165) is 22.3 Å². The third kappa shape index (κ3) is 16.4. The molecule has 4 aromatic rings. The molecule has 6 rings (SSSR count). The summed E-state index contributed by atoms with van der Waals surface area (Å²) in [6, 6.07) is 39.7. The van der Waals surface area contributed by atoms with Gasteiger partial charge in [-0.05, 0) is 22.3 Å². The molecule has 0 aliphatic carbocycles. The molecule has 16 nitrogen and oxygen atoms in total. The van der Waals surface area contributed by atoms with Crippen LogP contribution in [-0.2, 0) is 54.8 Å². The number of carbonyl (C=O) groups excluding carboxylic acids is 2. The van der Waals surface area contributed by atoms with Crippen LogP contribution < -0.4 is 0 Å². The summed E-state index contributed by atoms with van der Waals surface area (Å²) in [5.74, 6) is 0. The van der Waals surface area contributed by atoms with Crippen LogP contribution in [-0.4, -0.2) is 182 Å². The second kappa shape index (κ2) is 27.6. The van der Waals surface area contributed by atoms with Crippen LogP contribution in [0.5, 0.6) is 0 Å². The molecule has 8 atom stereocenters. The van der Waals surface area contributed by atoms with Crippen molar-refractivity contribution in [2.45, 2.75) is 75.1 Å². The fourth-order valence-electron chi connectivity index (χ4n) is 7.70. The Bertz CT molecular complexity index is 1950. The number of aliphatic hydroxyl groups excluding tert-OH is 4. The zero-order valence-electron chi connectivity index (χ0n) is 38.5. The van der Waals surface area contributed by atoms with Gasteiger partial charge in [-0.15, -0.1) is 0 Å². The van der Waals surface area contributed by atoms with Crippen molar-refractivity contribution in [3.63, 3.8) is 0 Å². The zero-order valence-corrected chi connectivity index (χ0v) is 38.5. The van der Waals surface area contributed by atoms with E-state index in [9.17, 15) is 30.0 Å². The molecule has 0 radical (unpaired) electrons. The van der Waals surface area contributed by atoms with Crippen LogP contribution in [0, 0.1) is 0 Å². The van der Waals surface area contributed by atoms with Crippen molar-refractivity contribution in [2.24, 2.45) is 0 Å². The molecular formula is C50H68N4O12. The summed E-state index contributed by atoms with van der Waals surface area (Å²) in [6.07, 6.45) is -5.61. The van der Waals surface area contributed by atoms with Crippen molar-refractivity contribution >= 4 is 12.2 Å². The fraction of sp³-hybridized carbons (Fsp3) is 0.480. The maximum absolute atomic E-state index is 12.3. The van der Waals surface area contributed by atoms with Gasteiger partial charge >= 0.3 is 12.2 Å². The number of ether oxygens (including phenoxy) is 6. The summed E-state index contributed by atoms with van der Waals surface area (Å²) in [5.41, 5.74) is 4.32. The Morgan fingerprint density at radius 2 is 0.955 bits per heavy atom. The van der Waals surface area contributed by atoms with Gasteiger partial charge in [-0.1, -0.05) is 121 Å². The number of carbonyl (C=O) groups is 2. The molecular weight excluding hydrogens is 849 g/mol. The summed E-state index contributed by atoms with van der Waals surface area (Å²) in [6.45, 7) is 3.45. The third-order valence-corrected chi connectivity index (χ3v) is 11.4. The zero-order chi connectivity index (χ0) is 47.3. The number of β-amino-alcohol motifs (C(OH)–C–C–N with tert-alkyl or cyclic N) is 1. The molecule has 2 saturated heterocycles. The van der Waals surface area contributed by atoms with Crippen LogP contribution >= 0.6 is 0 Å². The SMILES string of the molecule is CN(C)C(=O)OCCN1C[C@H](O)[C@@H](O)[C@H](O)[C@H]1CO.CN(C)C(=O)OCCN1C[C@H](OCc2ccccc2)[C@@H](OCc2ccccc2)[C@H](OCc2ccccc2)[C@H]1COCc1ccccc1. The maximum Gasteiger partial charge on any atom is 0.409 e. The minimum absolute atomic E-state index is 0.0725. The van der Waals surface area contributed by atoms with Gasteiger partial charge in [0, 0.05) is 54.4 Å². The summed E-state index contributed by atoms with van der Waals surface area (Å²) >= 11 is 0. The summed E-state index contributed by atoms with van der Waals surface area (Å²) in [5, 5.41) is 38.1. The second-order valence-electron chi connectivity index (χ2n) is 16.7. The fourth-order valence-corrected chi connectivity index (χ4v) is 7.70. The molecule has 16 heteroatoms. The Balaban J connectivity index is 0.000000360. The predicted molar refractivity (Wildman–Crippen MR) is 247 cm³/mol. The standard InChI is InChI=1S/C39H46N2O6.C11H22N2O6/c1-40(2)39(42)44-24-23-41-25-36(45-27-32-17-9-4-10-18-32)38(47-29-34-21-13-6-14-22-34)37(46-28-33-19-11-5-12-20-33)35(41)30-43-26-31-15-7-3-8-16-31;1-12(2)11(18)19-4-3-13-5-8(15)10(17)9(16)7(13)6-14/h3-22,35-38H,23-30H2,1-2H3;7-10,14-17H,3-6H2,1-2H3/t35-,36+,37-,38-;7-,8+,9-,10-/m11/s1. The van der Waals surface area contributed by atoms with Crippen LogP contribution in [0.3, 0.4) is 0 Å². The first kappa shape index (κ1) is 52.0. The second-order valence-corrected chi connectivity index (χ2v) is 16.7. The van der Waals surface area contributed by atoms with Crippen molar-refractivity contribution in [3.8, 4) is 0 Å². The Kier molecular flexibility index (Phi) is 21.8. The molecule has 0 aromatic heterocycles. The van der Waals surface area contributed by atoms with Crippen molar-refractivity contribution in [1.29, 1.82) is 0 Å². The Morgan fingerprint density at radius 3 is 1.39 bits per heavy atom. The van der Waals surface area contributed by atoms with Gasteiger partial charge in [-0.25, -0.2) is 9.59 Å². The van der Waals surface area contributed by atoms with Crippen molar-refractivity contribution in [3.05, 3.63) is 144 Å². The first-order chi connectivity index (χ1) is 31.9. The summed E-state index contributed by atoms with van der Waals surface area (Å²) in [4.78, 5) is 30.1. The minimum Gasteiger partial charge on any atom is -0.448 e. The van der Waals surface area contributed by atoms with E-state index in [0.29, 0.717) is 46.1 Å². The molecule has 4 aromatic carbocycles. The highest BCUT2D eigenvalue weighted by molar-refractivity contribution is 5.67. The van der Waals surface area contributed by atoms with E-state index < -0.39 is 42.7 Å². The number of likely N-dealkylation sites (tertiary alicyclic amines) is 2. The van der Waals surface area contributed by atoms with E-state index in [1.165, 1.54) is 9.80 Å². The molecule has 2 heterocycles.